The van der Waals surface area contributed by atoms with Crippen LogP contribution >= 0.6 is 0 Å². The molecule has 0 aromatic heterocycles. The van der Waals surface area contributed by atoms with Crippen LogP contribution < -0.4 is 5.32 Å². The van der Waals surface area contributed by atoms with Gasteiger partial charge in [-0.2, -0.15) is 0 Å². The molecule has 0 aliphatic heterocycles. The van der Waals surface area contributed by atoms with Gasteiger partial charge in [-0.25, -0.2) is 0 Å². The number of hydrogen-bond acceptors (Lipinski definition) is 3. The van der Waals surface area contributed by atoms with Crippen LogP contribution in [0.1, 0.15) is 58.4 Å². The van der Waals surface area contributed by atoms with Crippen molar-refractivity contribution < 1.29 is 14.3 Å². The topological polar surface area (TPSA) is 55.4 Å². The highest BCUT2D eigenvalue weighted by Crippen LogP contribution is 2.20. The SMILES string of the molecule is CC(C)(C)C(=O)OC(/C=C/c1ccccc1)C(=O)NC1CCCCC1. The maximum Gasteiger partial charge on any atom is 0.312 e. The van der Waals surface area contributed by atoms with Crippen molar-refractivity contribution in [3.05, 3.63) is 42.0 Å². The molecule has 1 aliphatic carbocycles. The Labute approximate surface area is 150 Å². The van der Waals surface area contributed by atoms with E-state index in [4.69, 9.17) is 4.74 Å². The van der Waals surface area contributed by atoms with Crippen LogP contribution in [0.15, 0.2) is 36.4 Å². The summed E-state index contributed by atoms with van der Waals surface area (Å²) in [5.74, 6) is -0.620. The number of hydrogen-bond donors (Lipinski definition) is 1. The molecule has 4 heteroatoms. The second kappa shape index (κ2) is 8.84. The van der Waals surface area contributed by atoms with E-state index in [0.29, 0.717) is 0 Å². The standard InChI is InChI=1S/C21H29NO3/c1-21(2,3)20(24)25-18(15-14-16-10-6-4-7-11-16)19(23)22-17-12-8-5-9-13-17/h4,6-7,10-11,14-15,17-18H,5,8-9,12-13H2,1-3H3,(H,22,23)/b15-14+. The van der Waals surface area contributed by atoms with E-state index in [9.17, 15) is 9.59 Å². The van der Waals surface area contributed by atoms with E-state index < -0.39 is 11.5 Å². The molecule has 0 saturated heterocycles. The molecule has 0 bridgehead atoms. The summed E-state index contributed by atoms with van der Waals surface area (Å²) in [6, 6.07) is 9.86. The van der Waals surface area contributed by atoms with E-state index in [1.54, 1.807) is 26.8 Å². The van der Waals surface area contributed by atoms with Crippen molar-refractivity contribution in [1.29, 1.82) is 0 Å². The fraction of sp³-hybridized carbons (Fsp3) is 0.524. The number of ether oxygens (including phenoxy) is 1. The van der Waals surface area contributed by atoms with Gasteiger partial charge in [0.1, 0.15) is 0 Å². The van der Waals surface area contributed by atoms with Crippen molar-refractivity contribution in [2.24, 2.45) is 5.41 Å². The highest BCUT2D eigenvalue weighted by atomic mass is 16.5. The van der Waals surface area contributed by atoms with Crippen molar-refractivity contribution >= 4 is 18.0 Å². The van der Waals surface area contributed by atoms with Crippen LogP contribution in [-0.2, 0) is 14.3 Å². The molecular weight excluding hydrogens is 314 g/mol. The van der Waals surface area contributed by atoms with Crippen LogP contribution in [0.4, 0.5) is 0 Å². The van der Waals surface area contributed by atoms with Gasteiger partial charge in [-0.15, -0.1) is 0 Å². The van der Waals surface area contributed by atoms with Crippen molar-refractivity contribution in [2.75, 3.05) is 0 Å². The summed E-state index contributed by atoms with van der Waals surface area (Å²) in [6.07, 6.45) is 8.06. The molecule has 1 atom stereocenters. The molecule has 1 aliphatic rings. The first-order valence-electron chi connectivity index (χ1n) is 9.11. The van der Waals surface area contributed by atoms with Gasteiger partial charge in [-0.05, 0) is 45.3 Å². The maximum absolute atomic E-state index is 12.7. The second-order valence-electron chi connectivity index (χ2n) is 7.69. The highest BCUT2D eigenvalue weighted by Gasteiger charge is 2.29. The summed E-state index contributed by atoms with van der Waals surface area (Å²) in [6.45, 7) is 5.35. The number of rotatable bonds is 5. The molecule has 0 heterocycles. The molecule has 1 saturated carbocycles. The van der Waals surface area contributed by atoms with Crippen LogP contribution in [0.5, 0.6) is 0 Å². The molecule has 4 nitrogen and oxygen atoms in total. The lowest BCUT2D eigenvalue weighted by Crippen LogP contribution is -2.44. The summed E-state index contributed by atoms with van der Waals surface area (Å²) in [4.78, 5) is 24.9. The number of carbonyl (C=O) groups is 2. The van der Waals surface area contributed by atoms with Crippen LogP contribution in [0, 0.1) is 5.41 Å². The lowest BCUT2D eigenvalue weighted by molar-refractivity contribution is -0.161. The summed E-state index contributed by atoms with van der Waals surface area (Å²) >= 11 is 0. The van der Waals surface area contributed by atoms with Gasteiger partial charge in [0, 0.05) is 6.04 Å². The summed E-state index contributed by atoms with van der Waals surface area (Å²) < 4.78 is 5.50. The minimum absolute atomic E-state index is 0.183. The molecule has 1 N–H and O–H groups in total. The molecule has 25 heavy (non-hydrogen) atoms. The number of amides is 1. The first-order chi connectivity index (χ1) is 11.9. The van der Waals surface area contributed by atoms with Crippen LogP contribution in [0.25, 0.3) is 6.08 Å². The van der Waals surface area contributed by atoms with Gasteiger partial charge in [-0.1, -0.05) is 55.7 Å². The fourth-order valence-corrected chi connectivity index (χ4v) is 2.77. The third kappa shape index (κ3) is 6.37. The molecular formula is C21H29NO3. The Morgan fingerprint density at radius 1 is 1.12 bits per heavy atom. The normalized spacial score (nSPS) is 17.2. The average molecular weight is 343 g/mol. The minimum atomic E-state index is -0.908. The summed E-state index contributed by atoms with van der Waals surface area (Å²) in [5.41, 5.74) is 0.314. The summed E-state index contributed by atoms with van der Waals surface area (Å²) in [5, 5.41) is 3.04. The monoisotopic (exact) mass is 343 g/mol. The van der Waals surface area contributed by atoms with Gasteiger partial charge >= 0.3 is 5.97 Å². The predicted octanol–water partition coefficient (Wildman–Crippen LogP) is 4.11. The largest absolute Gasteiger partial charge is 0.448 e. The Hall–Kier alpha value is -2.10. The van der Waals surface area contributed by atoms with Gasteiger partial charge in [0.25, 0.3) is 5.91 Å². The first kappa shape index (κ1) is 19.2. The third-order valence-electron chi connectivity index (χ3n) is 4.32. The lowest BCUT2D eigenvalue weighted by atomic mass is 9.95. The Morgan fingerprint density at radius 3 is 2.36 bits per heavy atom. The summed E-state index contributed by atoms with van der Waals surface area (Å²) in [7, 11) is 0. The first-order valence-corrected chi connectivity index (χ1v) is 9.11. The van der Waals surface area contributed by atoms with Gasteiger partial charge in [-0.3, -0.25) is 9.59 Å². The quantitative estimate of drug-likeness (QED) is 0.819. The number of benzene rings is 1. The van der Waals surface area contributed by atoms with Gasteiger partial charge in [0.2, 0.25) is 0 Å². The Kier molecular flexibility index (Phi) is 6.80. The van der Waals surface area contributed by atoms with Crippen LogP contribution in [0.3, 0.4) is 0 Å². The molecule has 1 unspecified atom stereocenters. The molecule has 1 fully saturated rings. The minimum Gasteiger partial charge on any atom is -0.448 e. The van der Waals surface area contributed by atoms with Crippen molar-refractivity contribution in [3.8, 4) is 0 Å². The Morgan fingerprint density at radius 2 is 1.76 bits per heavy atom. The van der Waals surface area contributed by atoms with E-state index >= 15 is 0 Å². The van der Waals surface area contributed by atoms with Gasteiger partial charge < -0.3 is 10.1 Å². The number of nitrogens with one attached hydrogen (secondary N) is 1. The van der Waals surface area contributed by atoms with Gasteiger partial charge in [0.15, 0.2) is 6.10 Å². The second-order valence-corrected chi connectivity index (χ2v) is 7.69. The average Bonchev–Trinajstić information content (AvgIpc) is 2.59. The highest BCUT2D eigenvalue weighted by molar-refractivity contribution is 5.87. The van der Waals surface area contributed by atoms with E-state index in [-0.39, 0.29) is 17.9 Å². The van der Waals surface area contributed by atoms with E-state index in [0.717, 1.165) is 31.2 Å². The molecule has 1 aromatic carbocycles. The molecule has 136 valence electrons. The van der Waals surface area contributed by atoms with Crippen molar-refractivity contribution in [1.82, 2.24) is 5.32 Å². The Balaban J connectivity index is 2.08. The predicted molar refractivity (Wildman–Crippen MR) is 99.8 cm³/mol. The van der Waals surface area contributed by atoms with Crippen LogP contribution in [-0.4, -0.2) is 24.0 Å². The van der Waals surface area contributed by atoms with Crippen LogP contribution in [0.2, 0.25) is 0 Å². The van der Waals surface area contributed by atoms with Crippen molar-refractivity contribution in [2.45, 2.75) is 65.0 Å². The van der Waals surface area contributed by atoms with E-state index in [1.807, 2.05) is 36.4 Å². The molecule has 0 radical (unpaired) electrons. The number of carbonyl (C=O) groups excluding carboxylic acids is 2. The fourth-order valence-electron chi connectivity index (χ4n) is 2.77. The molecule has 0 spiro atoms. The van der Waals surface area contributed by atoms with E-state index in [1.165, 1.54) is 6.42 Å². The van der Waals surface area contributed by atoms with Crippen molar-refractivity contribution in [3.63, 3.8) is 0 Å². The van der Waals surface area contributed by atoms with E-state index in [2.05, 4.69) is 5.32 Å². The number of esters is 1. The zero-order valence-corrected chi connectivity index (χ0v) is 15.5. The van der Waals surface area contributed by atoms with Gasteiger partial charge in [0.05, 0.1) is 5.41 Å². The zero-order chi connectivity index (χ0) is 18.3. The third-order valence-corrected chi connectivity index (χ3v) is 4.32. The maximum atomic E-state index is 12.7. The molecule has 2 rings (SSSR count). The lowest BCUT2D eigenvalue weighted by Gasteiger charge is -2.26. The molecule has 1 aromatic rings. The zero-order valence-electron chi connectivity index (χ0n) is 15.5. The Bertz CT molecular complexity index is 595. The smallest absolute Gasteiger partial charge is 0.312 e. The molecule has 1 amide bonds.